The van der Waals surface area contributed by atoms with E-state index in [1.807, 2.05) is 0 Å². The van der Waals surface area contributed by atoms with Crippen molar-refractivity contribution in [2.75, 3.05) is 37.8 Å². The number of rotatable bonds is 20. The minimum absolute atomic E-state index is 0.0301. The van der Waals surface area contributed by atoms with Gasteiger partial charge in [0.05, 0.1) is 94.3 Å². The van der Waals surface area contributed by atoms with Gasteiger partial charge in [-0.05, 0) is 160 Å². The van der Waals surface area contributed by atoms with Gasteiger partial charge in [-0.25, -0.2) is 51.5 Å². The van der Waals surface area contributed by atoms with Crippen molar-refractivity contribution in [3.8, 4) is 0 Å². The Morgan fingerprint density at radius 2 is 0.655 bits per heavy atom. The molecule has 5 saturated heterocycles. The van der Waals surface area contributed by atoms with Gasteiger partial charge in [-0.2, -0.15) is 16.8 Å². The highest BCUT2D eigenvalue weighted by Gasteiger charge is 2.56. The number of hydrogen-bond donors (Lipinski definition) is 12. The summed E-state index contributed by atoms with van der Waals surface area (Å²) in [6, 6.07) is 11.8. The molecule has 2 aromatic rings. The molecule has 32 heteroatoms. The summed E-state index contributed by atoms with van der Waals surface area (Å²) in [6.07, 6.45) is 11.9. The highest BCUT2D eigenvalue weighted by Crippen LogP contribution is 2.47. The molecule has 5 aliphatic heterocycles. The summed E-state index contributed by atoms with van der Waals surface area (Å²) >= 11 is 0. The van der Waals surface area contributed by atoms with E-state index in [4.69, 9.17) is 9.11 Å². The zero-order valence-corrected chi connectivity index (χ0v) is 51.5. The van der Waals surface area contributed by atoms with Crippen LogP contribution in [0.25, 0.3) is 0 Å². The summed E-state index contributed by atoms with van der Waals surface area (Å²) in [5.41, 5.74) is 1.38. The van der Waals surface area contributed by atoms with Crippen LogP contribution in [0, 0.1) is 47.3 Å². The van der Waals surface area contributed by atoms with E-state index in [9.17, 15) is 50.5 Å². The molecule has 9 fully saturated rings. The van der Waals surface area contributed by atoms with Gasteiger partial charge < -0.3 is 0 Å². The Labute approximate surface area is 494 Å². The van der Waals surface area contributed by atoms with E-state index >= 15 is 0 Å². The van der Waals surface area contributed by atoms with Crippen LogP contribution in [0.1, 0.15) is 101 Å². The Hall–Kier alpha value is -2.42. The number of benzene rings is 2. The Morgan fingerprint density at radius 3 is 0.940 bits per heavy atom. The van der Waals surface area contributed by atoms with E-state index in [1.54, 1.807) is 24.3 Å². The van der Waals surface area contributed by atoms with Gasteiger partial charge >= 0.3 is 20.8 Å². The molecule has 9 aliphatic rings. The molecule has 2 aromatic carbocycles. The first-order valence-corrected chi connectivity index (χ1v) is 38.8. The van der Waals surface area contributed by atoms with Gasteiger partial charge in [-0.3, -0.25) is 51.6 Å². The fourth-order valence-corrected chi connectivity index (χ4v) is 21.9. The molecule has 0 radical (unpaired) electrons. The lowest BCUT2D eigenvalue weighted by Gasteiger charge is -2.38. The standard InChI is InChI=1S/C52H82N10O16S6/c63-79(64,27-25-77-83(71,72)73)33-13-9-31(10-14-33)21-23-53-81(67,68)35-17-19-41-43(29-35)52-60-49(41)58-47-38-6-2-1-5-37(38)45(56-47)55-46-39-7-3-4-8-40(39)48(57-46)59-51-44-30-36(18-20-42(44)50(61-51)62-52)82(69,70)54-24-22-32-11-15-34(16-12-32)80(65,66)28-26-78-84(74,75)76/h9-16,35-62H,1-8,17-30H2,(H,71,72,73)(H,74,75,76). The molecule has 26 nitrogen and oxygen atoms in total. The van der Waals surface area contributed by atoms with Gasteiger partial charge in [0, 0.05) is 13.1 Å². The molecule has 12 N–H and O–H groups in total. The molecular weight excluding hydrogens is 1210 g/mol. The molecule has 0 amide bonds. The second-order valence-electron chi connectivity index (χ2n) is 24.7. The van der Waals surface area contributed by atoms with Crippen molar-refractivity contribution in [3.63, 3.8) is 0 Å². The molecule has 0 spiro atoms. The largest absolute Gasteiger partial charge is 0.397 e. The monoisotopic (exact) mass is 1290 g/mol. The smallest absolute Gasteiger partial charge is 0.286 e. The lowest BCUT2D eigenvalue weighted by molar-refractivity contribution is 0.168. The second-order valence-corrected chi connectivity index (χ2v) is 35.2. The van der Waals surface area contributed by atoms with Gasteiger partial charge in [0.2, 0.25) is 20.0 Å². The summed E-state index contributed by atoms with van der Waals surface area (Å²) in [7, 11) is -25.1. The van der Waals surface area contributed by atoms with Crippen molar-refractivity contribution < 1.29 is 68.0 Å². The van der Waals surface area contributed by atoms with Crippen LogP contribution < -0.4 is 52.0 Å². The van der Waals surface area contributed by atoms with Gasteiger partial charge in [-0.1, -0.05) is 49.9 Å². The first kappa shape index (κ1) is 63.2. The van der Waals surface area contributed by atoms with Crippen molar-refractivity contribution >= 4 is 60.5 Å². The van der Waals surface area contributed by atoms with Gasteiger partial charge in [0.25, 0.3) is 0 Å². The lowest BCUT2D eigenvalue weighted by atomic mass is 9.76. The molecule has 0 aromatic heterocycles. The first-order chi connectivity index (χ1) is 39.8. The Kier molecular flexibility index (Phi) is 19.1. The van der Waals surface area contributed by atoms with Crippen LogP contribution in [-0.4, -0.2) is 157 Å². The van der Waals surface area contributed by atoms with E-state index < -0.39 is 95.7 Å². The predicted molar refractivity (Wildman–Crippen MR) is 309 cm³/mol. The van der Waals surface area contributed by atoms with E-state index in [2.05, 4.69) is 60.3 Å². The molecule has 84 heavy (non-hydrogen) atoms. The third kappa shape index (κ3) is 14.6. The molecule has 8 bridgehead atoms. The summed E-state index contributed by atoms with van der Waals surface area (Å²) in [5.74, 6) is 0.224. The van der Waals surface area contributed by atoms with Crippen molar-refractivity contribution in [3.05, 3.63) is 59.7 Å². The minimum atomic E-state index is -4.80. The minimum Gasteiger partial charge on any atom is -0.286 e. The zero-order chi connectivity index (χ0) is 59.4. The van der Waals surface area contributed by atoms with Crippen LogP contribution in [0.4, 0.5) is 0 Å². The van der Waals surface area contributed by atoms with Gasteiger partial charge in [0.15, 0.2) is 19.7 Å². The quantitative estimate of drug-likeness (QED) is 0.0781. The highest BCUT2D eigenvalue weighted by molar-refractivity contribution is 7.92. The number of hydrogen-bond acceptors (Lipinski definition) is 22. The summed E-state index contributed by atoms with van der Waals surface area (Å²) < 4.78 is 184. The average Bonchev–Trinajstić information content (AvgIpc) is 2.01. The average molecular weight is 1300 g/mol. The molecular formula is C52H82N10O16S6. The third-order valence-corrected chi connectivity index (χ3v) is 28.0. The van der Waals surface area contributed by atoms with Crippen LogP contribution in [0.3, 0.4) is 0 Å². The molecule has 4 saturated carbocycles. The van der Waals surface area contributed by atoms with Crippen molar-refractivity contribution in [1.82, 2.24) is 52.0 Å². The molecule has 18 unspecified atom stereocenters. The molecule has 18 atom stereocenters. The van der Waals surface area contributed by atoms with E-state index in [-0.39, 0.29) is 109 Å². The Bertz CT molecular complexity index is 3210. The van der Waals surface area contributed by atoms with Crippen molar-refractivity contribution in [1.29, 1.82) is 0 Å². The number of fused-ring (bicyclic) bond motifs is 20. The predicted octanol–water partition coefficient (Wildman–Crippen LogP) is 0.0730. The van der Waals surface area contributed by atoms with Crippen LogP contribution in [0.2, 0.25) is 0 Å². The fourth-order valence-electron chi connectivity index (χ4n) is 15.8. The van der Waals surface area contributed by atoms with Crippen molar-refractivity contribution in [2.45, 2.75) is 172 Å². The Morgan fingerprint density at radius 1 is 0.381 bits per heavy atom. The topological polar surface area (TPSA) is 384 Å². The summed E-state index contributed by atoms with van der Waals surface area (Å²) in [4.78, 5) is -0.146. The molecule has 472 valence electrons. The SMILES string of the molecule is O=S(=O)(O)OCCS(=O)(=O)c1ccc(CCNS(=O)(=O)C2CCC3C4NC(NC5NC(NC6NC(NC7NC(N4)C4CC(S(=O)(=O)NCCc8ccc(S(=O)(=O)CCOS(=O)(=O)O)cc8)CCC74)C4CCCCC64)C4CCCCC54)C3C2)cc1. The summed E-state index contributed by atoms with van der Waals surface area (Å²) in [5, 5.41) is 31.0. The fraction of sp³-hybridized carbons (Fsp3) is 0.769. The van der Waals surface area contributed by atoms with Gasteiger partial charge in [-0.15, -0.1) is 0 Å². The first-order valence-electron chi connectivity index (χ1n) is 29.7. The van der Waals surface area contributed by atoms with E-state index in [0.29, 0.717) is 73.3 Å². The maximum absolute atomic E-state index is 14.3. The third-order valence-electron chi connectivity index (χ3n) is 19.9. The number of nitrogens with one attached hydrogen (secondary N) is 10. The lowest BCUT2D eigenvalue weighted by Crippen LogP contribution is -2.61. The summed E-state index contributed by atoms with van der Waals surface area (Å²) in [6.45, 7) is -1.35. The Balaban J connectivity index is 0.786. The van der Waals surface area contributed by atoms with Gasteiger partial charge in [0.1, 0.15) is 0 Å². The van der Waals surface area contributed by atoms with E-state index in [1.165, 1.54) is 43.5 Å². The normalized spacial score (nSPS) is 36.5. The van der Waals surface area contributed by atoms with Crippen LogP contribution in [0.15, 0.2) is 58.3 Å². The van der Waals surface area contributed by atoms with E-state index in [0.717, 1.165) is 32.1 Å². The van der Waals surface area contributed by atoms with Crippen LogP contribution in [-0.2, 0) is 81.7 Å². The van der Waals surface area contributed by atoms with Crippen molar-refractivity contribution in [2.24, 2.45) is 47.3 Å². The molecule has 5 heterocycles. The maximum atomic E-state index is 14.3. The second kappa shape index (κ2) is 25.5. The van der Waals surface area contributed by atoms with Crippen LogP contribution in [0.5, 0.6) is 0 Å². The molecule has 4 aliphatic carbocycles. The highest BCUT2D eigenvalue weighted by atomic mass is 32.3. The van der Waals surface area contributed by atoms with Crippen LogP contribution >= 0.6 is 0 Å². The number of sulfonamides is 2. The number of sulfone groups is 2. The molecule has 11 rings (SSSR count). The maximum Gasteiger partial charge on any atom is 0.397 e. The zero-order valence-electron chi connectivity index (χ0n) is 46.6.